The van der Waals surface area contributed by atoms with Crippen LogP contribution in [0.3, 0.4) is 0 Å². The largest absolute Gasteiger partial charge is 0.417 e. The third kappa shape index (κ3) is 2.93. The summed E-state index contributed by atoms with van der Waals surface area (Å²) in [5, 5.41) is 1.79. The van der Waals surface area contributed by atoms with Gasteiger partial charge < -0.3 is 0 Å². The average Bonchev–Trinajstić information content (AvgIpc) is 2.87. The molecule has 9 heteroatoms. The molecule has 2 heterocycles. The van der Waals surface area contributed by atoms with Crippen LogP contribution in [0.15, 0.2) is 42.8 Å². The lowest BCUT2D eigenvalue weighted by Crippen LogP contribution is -2.23. The van der Waals surface area contributed by atoms with E-state index in [9.17, 15) is 17.6 Å². The van der Waals surface area contributed by atoms with Gasteiger partial charge in [0.05, 0.1) is 11.5 Å². The van der Waals surface area contributed by atoms with Crippen LogP contribution in [0.1, 0.15) is 17.3 Å². The number of pyridine rings is 1. The fourth-order valence-corrected chi connectivity index (χ4v) is 2.68. The maximum Gasteiger partial charge on any atom is 0.417 e. The standard InChI is InChI=1S/C15H11ClF4N4/c1-24-13(9-8-21-7-5-10(9)15(18,19)20)22-12(23-24)11-4-2-3-6-14(11,16)17/h2-8,11H,1H3. The highest BCUT2D eigenvalue weighted by molar-refractivity contribution is 6.25. The summed E-state index contributed by atoms with van der Waals surface area (Å²) >= 11 is 5.80. The Morgan fingerprint density at radius 1 is 1.29 bits per heavy atom. The van der Waals surface area contributed by atoms with Gasteiger partial charge in [-0.2, -0.15) is 18.3 Å². The van der Waals surface area contributed by atoms with E-state index in [1.807, 2.05) is 0 Å². The topological polar surface area (TPSA) is 43.6 Å². The Kier molecular flexibility index (Phi) is 3.95. The summed E-state index contributed by atoms with van der Waals surface area (Å²) in [5.41, 5.74) is -1.13. The van der Waals surface area contributed by atoms with Crippen LogP contribution in [0.5, 0.6) is 0 Å². The van der Waals surface area contributed by atoms with E-state index in [0.29, 0.717) is 0 Å². The van der Waals surface area contributed by atoms with Crippen molar-refractivity contribution in [2.24, 2.45) is 7.05 Å². The van der Waals surface area contributed by atoms with Crippen molar-refractivity contribution in [3.8, 4) is 11.4 Å². The molecule has 0 saturated carbocycles. The molecule has 0 fully saturated rings. The fraction of sp³-hybridized carbons (Fsp3) is 0.267. The normalized spacial score (nSPS) is 23.7. The second kappa shape index (κ2) is 5.70. The molecular formula is C15H11ClF4N4. The van der Waals surface area contributed by atoms with E-state index in [1.54, 1.807) is 6.08 Å². The van der Waals surface area contributed by atoms with Crippen molar-refractivity contribution >= 4 is 11.6 Å². The van der Waals surface area contributed by atoms with E-state index in [4.69, 9.17) is 11.6 Å². The highest BCUT2D eigenvalue weighted by Gasteiger charge is 2.39. The molecule has 0 amide bonds. The highest BCUT2D eigenvalue weighted by atomic mass is 35.5. The molecule has 1 aliphatic carbocycles. The van der Waals surface area contributed by atoms with Crippen LogP contribution in [-0.2, 0) is 13.2 Å². The summed E-state index contributed by atoms with van der Waals surface area (Å²) in [4.78, 5) is 7.80. The third-order valence-electron chi connectivity index (χ3n) is 3.57. The molecule has 2 unspecified atom stereocenters. The molecule has 126 valence electrons. The van der Waals surface area contributed by atoms with Crippen molar-refractivity contribution in [1.82, 2.24) is 19.7 Å². The molecule has 0 aromatic carbocycles. The lowest BCUT2D eigenvalue weighted by Gasteiger charge is -2.22. The zero-order valence-corrected chi connectivity index (χ0v) is 13.1. The van der Waals surface area contributed by atoms with Gasteiger partial charge in [0.25, 0.3) is 0 Å². The van der Waals surface area contributed by atoms with Gasteiger partial charge >= 0.3 is 6.18 Å². The minimum atomic E-state index is -4.58. The Balaban J connectivity index is 2.09. The van der Waals surface area contributed by atoms with E-state index < -0.39 is 22.8 Å². The first-order valence-corrected chi connectivity index (χ1v) is 7.24. The summed E-state index contributed by atoms with van der Waals surface area (Å²) in [5.74, 6) is -1.08. The number of aromatic nitrogens is 4. The maximum absolute atomic E-state index is 14.4. The van der Waals surface area contributed by atoms with Gasteiger partial charge in [0.1, 0.15) is 0 Å². The maximum atomic E-state index is 14.4. The first-order chi connectivity index (χ1) is 11.2. The highest BCUT2D eigenvalue weighted by Crippen LogP contribution is 2.40. The third-order valence-corrected chi connectivity index (χ3v) is 3.93. The number of halogens is 5. The molecule has 2 atom stereocenters. The molecule has 4 nitrogen and oxygen atoms in total. The number of alkyl halides is 5. The molecule has 2 aromatic rings. The van der Waals surface area contributed by atoms with Gasteiger partial charge in [-0.3, -0.25) is 4.98 Å². The molecule has 0 saturated heterocycles. The van der Waals surface area contributed by atoms with Gasteiger partial charge in [-0.05, 0) is 12.1 Å². The van der Waals surface area contributed by atoms with Gasteiger partial charge in [-0.25, -0.2) is 14.1 Å². The number of hydrogen-bond acceptors (Lipinski definition) is 3. The molecule has 0 spiro atoms. The quantitative estimate of drug-likeness (QED) is 0.602. The van der Waals surface area contributed by atoms with Crippen molar-refractivity contribution < 1.29 is 17.6 Å². The van der Waals surface area contributed by atoms with Gasteiger partial charge in [0.15, 0.2) is 11.6 Å². The van der Waals surface area contributed by atoms with E-state index in [1.165, 1.54) is 19.2 Å². The molecule has 3 rings (SSSR count). The number of allylic oxidation sites excluding steroid dienone is 4. The monoisotopic (exact) mass is 358 g/mol. The van der Waals surface area contributed by atoms with E-state index in [0.717, 1.165) is 29.2 Å². The Bertz CT molecular complexity index is 823. The van der Waals surface area contributed by atoms with Gasteiger partial charge in [0.2, 0.25) is 5.13 Å². The summed E-state index contributed by atoms with van der Waals surface area (Å²) < 4.78 is 55.0. The van der Waals surface area contributed by atoms with Crippen LogP contribution >= 0.6 is 11.6 Å². The van der Waals surface area contributed by atoms with Crippen LogP contribution in [0.25, 0.3) is 11.4 Å². The summed E-state index contributed by atoms with van der Waals surface area (Å²) in [6.07, 6.45) is 3.14. The zero-order chi connectivity index (χ0) is 17.5. The van der Waals surface area contributed by atoms with Crippen LogP contribution < -0.4 is 0 Å². The molecular weight excluding hydrogens is 348 g/mol. The minimum absolute atomic E-state index is 0.0115. The zero-order valence-electron chi connectivity index (χ0n) is 12.3. The van der Waals surface area contributed by atoms with E-state index in [-0.39, 0.29) is 17.2 Å². The SMILES string of the molecule is Cn1nc(C2C=CC=CC2(F)Cl)nc1-c1cnccc1C(F)(F)F. The van der Waals surface area contributed by atoms with Crippen molar-refractivity contribution in [3.63, 3.8) is 0 Å². The number of rotatable bonds is 2. The van der Waals surface area contributed by atoms with Crippen LogP contribution in [-0.4, -0.2) is 24.9 Å². The van der Waals surface area contributed by atoms with Crippen molar-refractivity contribution in [3.05, 3.63) is 54.2 Å². The Morgan fingerprint density at radius 3 is 2.71 bits per heavy atom. The lowest BCUT2D eigenvalue weighted by atomic mass is 9.97. The summed E-state index contributed by atoms with van der Waals surface area (Å²) in [6, 6.07) is 0.855. The van der Waals surface area contributed by atoms with Gasteiger partial charge in [-0.15, -0.1) is 0 Å². The molecule has 0 aliphatic heterocycles. The number of nitrogens with zero attached hydrogens (tertiary/aromatic N) is 4. The summed E-state index contributed by atoms with van der Waals surface area (Å²) in [6.45, 7) is 0. The second-order valence-corrected chi connectivity index (χ2v) is 5.81. The number of aryl methyl sites for hydroxylation is 1. The molecule has 0 radical (unpaired) electrons. The molecule has 0 N–H and O–H groups in total. The Hall–Kier alpha value is -2.22. The minimum Gasteiger partial charge on any atom is -0.264 e. The predicted octanol–water partition coefficient (Wildman–Crippen LogP) is 4.01. The smallest absolute Gasteiger partial charge is 0.264 e. The Labute approximate surface area is 139 Å². The number of hydrogen-bond donors (Lipinski definition) is 0. The van der Waals surface area contributed by atoms with Crippen molar-refractivity contribution in [2.45, 2.75) is 17.2 Å². The van der Waals surface area contributed by atoms with Crippen molar-refractivity contribution in [2.75, 3.05) is 0 Å². The summed E-state index contributed by atoms with van der Waals surface area (Å²) in [7, 11) is 1.43. The Morgan fingerprint density at radius 2 is 2.04 bits per heavy atom. The fourth-order valence-electron chi connectivity index (χ4n) is 2.44. The average molecular weight is 359 g/mol. The van der Waals surface area contributed by atoms with Gasteiger partial charge in [0, 0.05) is 25.0 Å². The molecule has 0 bridgehead atoms. The van der Waals surface area contributed by atoms with Crippen LogP contribution in [0.2, 0.25) is 0 Å². The van der Waals surface area contributed by atoms with Crippen LogP contribution in [0.4, 0.5) is 17.6 Å². The van der Waals surface area contributed by atoms with Crippen molar-refractivity contribution in [1.29, 1.82) is 0 Å². The second-order valence-electron chi connectivity index (χ2n) is 5.23. The molecule has 1 aliphatic rings. The predicted molar refractivity (Wildman–Crippen MR) is 79.9 cm³/mol. The lowest BCUT2D eigenvalue weighted by molar-refractivity contribution is -0.137. The molecule has 2 aromatic heterocycles. The van der Waals surface area contributed by atoms with Gasteiger partial charge in [-0.1, -0.05) is 29.8 Å². The van der Waals surface area contributed by atoms with E-state index >= 15 is 0 Å². The van der Waals surface area contributed by atoms with E-state index in [2.05, 4.69) is 15.1 Å². The first kappa shape index (κ1) is 16.6. The first-order valence-electron chi connectivity index (χ1n) is 6.86. The van der Waals surface area contributed by atoms with Crippen LogP contribution in [0, 0.1) is 0 Å². The molecule has 24 heavy (non-hydrogen) atoms.